The number of nitrogens with zero attached hydrogens (tertiary/aromatic N) is 2. The van der Waals surface area contributed by atoms with Crippen molar-refractivity contribution in [2.75, 3.05) is 11.9 Å². The Morgan fingerprint density at radius 2 is 1.79 bits per heavy atom. The number of anilines is 1. The zero-order chi connectivity index (χ0) is 28.2. The van der Waals surface area contributed by atoms with Crippen molar-refractivity contribution in [3.8, 4) is 11.3 Å². The third kappa shape index (κ3) is 6.85. The molecule has 12 heteroatoms. The molecular weight excluding hydrogens is 538 g/mol. The van der Waals surface area contributed by atoms with Gasteiger partial charge >= 0.3 is 0 Å². The summed E-state index contributed by atoms with van der Waals surface area (Å²) >= 11 is 0.785. The molecule has 2 fully saturated rings. The number of sulfonamides is 1. The highest BCUT2D eigenvalue weighted by Crippen LogP contribution is 2.36. The van der Waals surface area contributed by atoms with Gasteiger partial charge in [0.1, 0.15) is 22.8 Å². The number of primary sulfonamides is 1. The largest absolute Gasteiger partial charge is 0.344 e. The third-order valence-corrected chi connectivity index (χ3v) is 10.0. The Morgan fingerprint density at radius 3 is 2.44 bits per heavy atom. The van der Waals surface area contributed by atoms with Crippen molar-refractivity contribution in [3.05, 3.63) is 30.3 Å². The van der Waals surface area contributed by atoms with Gasteiger partial charge < -0.3 is 15.5 Å². The Morgan fingerprint density at radius 1 is 1.10 bits per heavy atom. The number of hydrogen-bond acceptors (Lipinski definition) is 7. The Bertz CT molecular complexity index is 1290. The number of thiazole rings is 1. The average Bonchev–Trinajstić information content (AvgIpc) is 3.59. The monoisotopic (exact) mass is 575 g/mol. The van der Waals surface area contributed by atoms with Gasteiger partial charge in [-0.25, -0.2) is 18.5 Å². The molecule has 1 saturated heterocycles. The molecule has 0 unspecified atom stereocenters. The van der Waals surface area contributed by atoms with Crippen LogP contribution in [0.5, 0.6) is 0 Å². The Balaban J connectivity index is 1.57. The van der Waals surface area contributed by atoms with E-state index in [1.54, 1.807) is 29.2 Å². The van der Waals surface area contributed by atoms with Crippen molar-refractivity contribution in [1.29, 1.82) is 0 Å². The number of rotatable bonds is 9. The van der Waals surface area contributed by atoms with Crippen molar-refractivity contribution in [1.82, 2.24) is 15.2 Å². The molecule has 2 aliphatic rings. The van der Waals surface area contributed by atoms with E-state index in [1.807, 2.05) is 19.9 Å². The molecule has 1 aliphatic heterocycles. The molecule has 3 amide bonds. The van der Waals surface area contributed by atoms with Gasteiger partial charge in [0.05, 0.1) is 0 Å². The SMILES string of the molecule is CC[C@@H](C)C(=O)N[C@H](C(=O)N1CCC[C@H]1C(=O)Nc1sc(S(N)(=O)=O)nc1-c1ccccc1)C1CCCCC1. The maximum Gasteiger partial charge on any atom is 0.265 e. The number of nitrogens with two attached hydrogens (primary N) is 1. The topological polar surface area (TPSA) is 152 Å². The van der Waals surface area contributed by atoms with E-state index in [4.69, 9.17) is 5.14 Å². The predicted octanol–water partition coefficient (Wildman–Crippen LogP) is 3.50. The van der Waals surface area contributed by atoms with Gasteiger partial charge in [-0.05, 0) is 38.0 Å². The molecule has 0 bridgehead atoms. The van der Waals surface area contributed by atoms with Gasteiger partial charge in [-0.1, -0.05) is 74.8 Å². The Kier molecular flexibility index (Phi) is 9.39. The summed E-state index contributed by atoms with van der Waals surface area (Å²) < 4.78 is 23.7. The maximum absolute atomic E-state index is 13.9. The van der Waals surface area contributed by atoms with Gasteiger partial charge in [0.15, 0.2) is 0 Å². The van der Waals surface area contributed by atoms with Crippen molar-refractivity contribution >= 4 is 44.1 Å². The van der Waals surface area contributed by atoms with E-state index >= 15 is 0 Å². The Hall–Kier alpha value is -2.83. The van der Waals surface area contributed by atoms with Crippen LogP contribution >= 0.6 is 11.3 Å². The lowest BCUT2D eigenvalue weighted by atomic mass is 9.83. The number of likely N-dealkylation sites (tertiary alicyclic amines) is 1. The van der Waals surface area contributed by atoms with Crippen molar-refractivity contribution in [2.45, 2.75) is 81.6 Å². The molecule has 10 nitrogen and oxygen atoms in total. The smallest absolute Gasteiger partial charge is 0.265 e. The second-order valence-corrected chi connectivity index (χ2v) is 13.2. The molecular formula is C27H37N5O5S2. The highest BCUT2D eigenvalue weighted by molar-refractivity contribution is 7.91. The highest BCUT2D eigenvalue weighted by atomic mass is 32.2. The molecule has 3 atom stereocenters. The standard InChI is InChI=1S/C27H37N5O5S2/c1-3-17(2)23(33)29-22(19-13-8-5-9-14-19)26(35)32-16-10-15-20(32)24(34)31-25-21(18-11-6-4-7-12-18)30-27(38-25)39(28,36)37/h4,6-7,11-12,17,19-20,22H,3,5,8-10,13-16H2,1-2H3,(H,29,33)(H,31,34)(H2,28,36,37)/t17-,20+,22+/m1/s1. The molecule has 212 valence electrons. The third-order valence-electron chi connectivity index (χ3n) is 7.72. The number of aromatic nitrogens is 1. The maximum atomic E-state index is 13.9. The summed E-state index contributed by atoms with van der Waals surface area (Å²) in [5, 5.41) is 11.4. The summed E-state index contributed by atoms with van der Waals surface area (Å²) in [5.41, 5.74) is 0.929. The number of amides is 3. The lowest BCUT2D eigenvalue weighted by Gasteiger charge is -2.35. The molecule has 39 heavy (non-hydrogen) atoms. The van der Waals surface area contributed by atoms with Crippen LogP contribution < -0.4 is 15.8 Å². The van der Waals surface area contributed by atoms with Crippen LogP contribution in [0.1, 0.15) is 65.2 Å². The summed E-state index contributed by atoms with van der Waals surface area (Å²) in [5.74, 6) is -0.967. The molecule has 0 spiro atoms. The van der Waals surface area contributed by atoms with E-state index in [-0.39, 0.29) is 33.0 Å². The first-order valence-electron chi connectivity index (χ1n) is 13.6. The molecule has 2 aromatic rings. The summed E-state index contributed by atoms with van der Waals surface area (Å²) in [6, 6.07) is 7.50. The summed E-state index contributed by atoms with van der Waals surface area (Å²) in [4.78, 5) is 46.1. The van der Waals surface area contributed by atoms with E-state index in [0.717, 1.165) is 43.4 Å². The Labute approximate surface area is 233 Å². The summed E-state index contributed by atoms with van der Waals surface area (Å²) in [7, 11) is -4.08. The fourth-order valence-electron chi connectivity index (χ4n) is 5.31. The minimum Gasteiger partial charge on any atom is -0.344 e. The molecule has 1 aromatic heterocycles. The molecule has 1 aromatic carbocycles. The quantitative estimate of drug-likeness (QED) is 0.416. The van der Waals surface area contributed by atoms with Crippen molar-refractivity contribution < 1.29 is 22.8 Å². The fourth-order valence-corrected chi connectivity index (χ4v) is 6.96. The lowest BCUT2D eigenvalue weighted by molar-refractivity contribution is -0.142. The summed E-state index contributed by atoms with van der Waals surface area (Å²) in [6.07, 6.45) is 6.65. The van der Waals surface area contributed by atoms with E-state index in [2.05, 4.69) is 15.6 Å². The van der Waals surface area contributed by atoms with E-state index < -0.39 is 28.0 Å². The van der Waals surface area contributed by atoms with Crippen LogP contribution in [0, 0.1) is 11.8 Å². The number of benzene rings is 1. The van der Waals surface area contributed by atoms with E-state index in [0.29, 0.717) is 37.1 Å². The van der Waals surface area contributed by atoms with Crippen molar-refractivity contribution in [3.63, 3.8) is 0 Å². The number of hydrogen-bond donors (Lipinski definition) is 3. The minimum atomic E-state index is -4.08. The highest BCUT2D eigenvalue weighted by Gasteiger charge is 2.41. The second kappa shape index (κ2) is 12.6. The van der Waals surface area contributed by atoms with Crippen molar-refractivity contribution in [2.24, 2.45) is 17.0 Å². The number of nitrogens with one attached hydrogen (secondary N) is 2. The van der Waals surface area contributed by atoms with Crippen LogP contribution in [0.3, 0.4) is 0 Å². The first-order valence-corrected chi connectivity index (χ1v) is 16.0. The minimum absolute atomic E-state index is 0.0343. The molecule has 2 heterocycles. The molecule has 4 rings (SSSR count). The van der Waals surface area contributed by atoms with E-state index in [9.17, 15) is 22.8 Å². The van der Waals surface area contributed by atoms with Gasteiger partial charge in [-0.3, -0.25) is 14.4 Å². The predicted molar refractivity (Wildman–Crippen MR) is 150 cm³/mol. The summed E-state index contributed by atoms with van der Waals surface area (Å²) in [6.45, 7) is 4.20. The van der Waals surface area contributed by atoms with Crippen LogP contribution in [0.2, 0.25) is 0 Å². The first kappa shape index (κ1) is 29.2. The van der Waals surface area contributed by atoms with Crippen LogP contribution in [0.15, 0.2) is 34.7 Å². The first-order chi connectivity index (χ1) is 18.6. The number of carbonyl (C=O) groups excluding carboxylic acids is 3. The van der Waals surface area contributed by atoms with Gasteiger partial charge in [0.2, 0.25) is 22.1 Å². The number of carbonyl (C=O) groups is 3. The van der Waals surface area contributed by atoms with Crippen LogP contribution in [-0.2, 0) is 24.4 Å². The van der Waals surface area contributed by atoms with Crippen LogP contribution in [0.25, 0.3) is 11.3 Å². The van der Waals surface area contributed by atoms with Gasteiger partial charge in [0.25, 0.3) is 10.0 Å². The average molecular weight is 576 g/mol. The molecule has 4 N–H and O–H groups in total. The van der Waals surface area contributed by atoms with Crippen LogP contribution in [0.4, 0.5) is 5.00 Å². The zero-order valence-electron chi connectivity index (χ0n) is 22.4. The fraction of sp³-hybridized carbons (Fsp3) is 0.556. The molecule has 0 radical (unpaired) electrons. The zero-order valence-corrected chi connectivity index (χ0v) is 24.0. The molecule has 1 saturated carbocycles. The second-order valence-electron chi connectivity index (χ2n) is 10.4. The normalized spacial score (nSPS) is 19.9. The van der Waals surface area contributed by atoms with E-state index in [1.165, 1.54) is 0 Å². The molecule has 1 aliphatic carbocycles. The lowest BCUT2D eigenvalue weighted by Crippen LogP contribution is -2.56. The van der Waals surface area contributed by atoms with Crippen LogP contribution in [-0.4, -0.2) is 54.7 Å². The van der Waals surface area contributed by atoms with Gasteiger partial charge in [0, 0.05) is 18.0 Å². The van der Waals surface area contributed by atoms with Gasteiger partial charge in [-0.2, -0.15) is 0 Å². The van der Waals surface area contributed by atoms with Gasteiger partial charge in [-0.15, -0.1) is 0 Å².